The van der Waals surface area contributed by atoms with Gasteiger partial charge in [-0.2, -0.15) is 12.6 Å². The van der Waals surface area contributed by atoms with Crippen LogP contribution in [0.1, 0.15) is 25.3 Å². The number of aliphatic carboxylic acids is 2. The second kappa shape index (κ2) is 13.6. The molecule has 0 aliphatic carbocycles. The van der Waals surface area contributed by atoms with Crippen molar-refractivity contribution in [1.29, 1.82) is 0 Å². The van der Waals surface area contributed by atoms with E-state index >= 15 is 0 Å². The lowest BCUT2D eigenvalue weighted by molar-refractivity contribution is -0.142. The number of carbonyl (C=O) groups excluding carboxylic acids is 3. The third-order valence-corrected chi connectivity index (χ3v) is 6.00. The van der Waals surface area contributed by atoms with Crippen molar-refractivity contribution >= 4 is 53.2 Å². The summed E-state index contributed by atoms with van der Waals surface area (Å²) < 4.78 is 0. The van der Waals surface area contributed by atoms with Crippen LogP contribution in [0.2, 0.25) is 0 Å². The first-order chi connectivity index (χ1) is 17.4. The minimum absolute atomic E-state index is 0.0320. The van der Waals surface area contributed by atoms with Crippen LogP contribution >= 0.6 is 12.6 Å². The van der Waals surface area contributed by atoms with Gasteiger partial charge in [-0.05, 0) is 25.0 Å². The Kier molecular flexibility index (Phi) is 10.9. The molecule has 5 atom stereocenters. The Morgan fingerprint density at radius 1 is 0.973 bits per heavy atom. The molecular weight excluding hydrogens is 506 g/mol. The van der Waals surface area contributed by atoms with Crippen molar-refractivity contribution in [1.82, 2.24) is 20.9 Å². The first kappa shape index (κ1) is 29.6. The number of carboxylic acid groups (broad SMARTS) is 2. The molecule has 0 radical (unpaired) electrons. The molecule has 0 aliphatic rings. The molecular formula is C23H31N5O8S. The molecule has 0 spiro atoms. The van der Waals surface area contributed by atoms with E-state index in [0.29, 0.717) is 5.56 Å². The molecule has 37 heavy (non-hydrogen) atoms. The van der Waals surface area contributed by atoms with Crippen LogP contribution in [-0.4, -0.2) is 86.0 Å². The Balaban J connectivity index is 2.31. The Morgan fingerprint density at radius 2 is 1.57 bits per heavy atom. The summed E-state index contributed by atoms with van der Waals surface area (Å²) in [5.41, 5.74) is 7.16. The van der Waals surface area contributed by atoms with Crippen LogP contribution in [0.4, 0.5) is 0 Å². The second-order valence-electron chi connectivity index (χ2n) is 8.47. The number of nitrogens with one attached hydrogen (secondary N) is 4. The van der Waals surface area contributed by atoms with Crippen LogP contribution in [0.15, 0.2) is 30.5 Å². The minimum atomic E-state index is -1.42. The van der Waals surface area contributed by atoms with E-state index in [2.05, 4.69) is 33.6 Å². The molecule has 14 heteroatoms. The highest BCUT2D eigenvalue weighted by molar-refractivity contribution is 7.80. The van der Waals surface area contributed by atoms with Crippen molar-refractivity contribution in [2.45, 2.75) is 56.5 Å². The van der Waals surface area contributed by atoms with Crippen molar-refractivity contribution < 1.29 is 39.3 Å². The van der Waals surface area contributed by atoms with E-state index < -0.39 is 66.4 Å². The third kappa shape index (κ3) is 8.48. The quantitative estimate of drug-likeness (QED) is 0.131. The number of benzene rings is 1. The van der Waals surface area contributed by atoms with E-state index in [9.17, 15) is 34.2 Å². The SMILES string of the molecule is CC(O)C(N)C(=O)NC(Cc1c[nH]c2ccccc12)C(=O)NC(CCC(=O)O)C(=O)NC(CS)C(=O)O. The zero-order valence-electron chi connectivity index (χ0n) is 20.0. The maximum absolute atomic E-state index is 13.3. The van der Waals surface area contributed by atoms with Crippen LogP contribution in [0.25, 0.3) is 10.9 Å². The molecule has 3 amide bonds. The molecule has 13 nitrogen and oxygen atoms in total. The van der Waals surface area contributed by atoms with Crippen LogP contribution in [0.5, 0.6) is 0 Å². The maximum atomic E-state index is 13.3. The number of H-pyrrole nitrogens is 1. The summed E-state index contributed by atoms with van der Waals surface area (Å²) in [6, 6.07) is 1.85. The molecule has 5 unspecified atom stereocenters. The number of rotatable bonds is 14. The molecule has 0 saturated heterocycles. The summed E-state index contributed by atoms with van der Waals surface area (Å²) >= 11 is 3.88. The number of aliphatic hydroxyl groups excluding tert-OH is 1. The van der Waals surface area contributed by atoms with Gasteiger partial charge in [0.05, 0.1) is 6.10 Å². The van der Waals surface area contributed by atoms with Crippen LogP contribution in [0, 0.1) is 0 Å². The number of thiol groups is 1. The lowest BCUT2D eigenvalue weighted by atomic mass is 10.0. The monoisotopic (exact) mass is 537 g/mol. The highest BCUT2D eigenvalue weighted by atomic mass is 32.1. The fourth-order valence-electron chi connectivity index (χ4n) is 3.48. The second-order valence-corrected chi connectivity index (χ2v) is 8.83. The number of carbonyl (C=O) groups is 5. The third-order valence-electron chi connectivity index (χ3n) is 5.63. The number of para-hydroxylation sites is 1. The Bertz CT molecular complexity index is 1140. The van der Waals surface area contributed by atoms with Crippen molar-refractivity contribution in [3.05, 3.63) is 36.0 Å². The summed E-state index contributed by atoms with van der Waals surface area (Å²) in [7, 11) is 0. The van der Waals surface area contributed by atoms with Crippen LogP contribution < -0.4 is 21.7 Å². The molecule has 0 saturated carbocycles. The van der Waals surface area contributed by atoms with Gasteiger partial charge in [-0.15, -0.1) is 0 Å². The highest BCUT2D eigenvalue weighted by Crippen LogP contribution is 2.19. The van der Waals surface area contributed by atoms with E-state index in [1.54, 1.807) is 12.3 Å². The molecule has 9 N–H and O–H groups in total. The number of hydrogen-bond donors (Lipinski definition) is 9. The molecule has 0 bridgehead atoms. The molecule has 1 aromatic heterocycles. The van der Waals surface area contributed by atoms with E-state index in [-0.39, 0.29) is 18.6 Å². The lowest BCUT2D eigenvalue weighted by Crippen LogP contribution is -2.58. The predicted molar refractivity (Wildman–Crippen MR) is 136 cm³/mol. The number of hydrogen-bond acceptors (Lipinski definition) is 8. The normalized spacial score (nSPS) is 15.1. The maximum Gasteiger partial charge on any atom is 0.327 e. The van der Waals surface area contributed by atoms with Gasteiger partial charge >= 0.3 is 11.9 Å². The standard InChI is InChI=1S/C23H31N5O8S/c1-11(29)19(24)22(34)27-16(8-12-9-25-14-5-3-2-4-13(12)14)21(33)26-15(6-7-18(30)31)20(32)28-17(10-37)23(35)36/h2-5,9,11,15-17,19,25,29,37H,6-8,10,24H2,1H3,(H,26,33)(H,27,34)(H,28,32)(H,30,31)(H,35,36). The average Bonchev–Trinajstić information content (AvgIpc) is 3.26. The number of aromatic nitrogens is 1. The summed E-state index contributed by atoms with van der Waals surface area (Å²) in [5, 5.41) is 35.8. The number of aliphatic hydroxyl groups is 1. The van der Waals surface area contributed by atoms with E-state index in [1.165, 1.54) is 6.92 Å². The highest BCUT2D eigenvalue weighted by Gasteiger charge is 2.31. The predicted octanol–water partition coefficient (Wildman–Crippen LogP) is -1.25. The zero-order valence-corrected chi connectivity index (χ0v) is 20.9. The molecule has 1 aromatic carbocycles. The largest absolute Gasteiger partial charge is 0.481 e. The summed E-state index contributed by atoms with van der Waals surface area (Å²) in [6.45, 7) is 1.31. The van der Waals surface area contributed by atoms with Crippen molar-refractivity contribution in [2.75, 3.05) is 5.75 Å². The molecule has 2 aromatic rings. The topological polar surface area (TPSA) is 224 Å². The van der Waals surface area contributed by atoms with E-state index in [4.69, 9.17) is 10.8 Å². The Labute approximate surface area is 217 Å². The molecule has 2 rings (SSSR count). The van der Waals surface area contributed by atoms with Crippen molar-refractivity contribution in [3.8, 4) is 0 Å². The lowest BCUT2D eigenvalue weighted by Gasteiger charge is -2.25. The van der Waals surface area contributed by atoms with Crippen LogP contribution in [0.3, 0.4) is 0 Å². The van der Waals surface area contributed by atoms with E-state index in [1.807, 2.05) is 18.2 Å². The Hall–Kier alpha value is -3.62. The van der Waals surface area contributed by atoms with Gasteiger partial charge in [0.25, 0.3) is 0 Å². The van der Waals surface area contributed by atoms with Crippen molar-refractivity contribution in [2.24, 2.45) is 5.73 Å². The van der Waals surface area contributed by atoms with Gasteiger partial charge in [0, 0.05) is 35.7 Å². The van der Waals surface area contributed by atoms with Crippen molar-refractivity contribution in [3.63, 3.8) is 0 Å². The van der Waals surface area contributed by atoms with Gasteiger partial charge in [0.1, 0.15) is 24.2 Å². The number of fused-ring (bicyclic) bond motifs is 1. The van der Waals surface area contributed by atoms with Gasteiger partial charge in [-0.3, -0.25) is 19.2 Å². The van der Waals surface area contributed by atoms with Gasteiger partial charge in [-0.25, -0.2) is 4.79 Å². The minimum Gasteiger partial charge on any atom is -0.481 e. The summed E-state index contributed by atoms with van der Waals surface area (Å²) in [4.78, 5) is 64.0. The summed E-state index contributed by atoms with van der Waals surface area (Å²) in [6.07, 6.45) is -0.420. The first-order valence-electron chi connectivity index (χ1n) is 11.4. The average molecular weight is 538 g/mol. The zero-order chi connectivity index (χ0) is 27.7. The summed E-state index contributed by atoms with van der Waals surface area (Å²) in [5.74, 6) is -5.40. The van der Waals surface area contributed by atoms with E-state index in [0.717, 1.165) is 10.9 Å². The number of nitrogens with two attached hydrogens (primary N) is 1. The Morgan fingerprint density at radius 3 is 2.16 bits per heavy atom. The molecule has 0 aliphatic heterocycles. The first-order valence-corrected chi connectivity index (χ1v) is 12.0. The molecule has 1 heterocycles. The van der Waals surface area contributed by atoms with Gasteiger partial charge in [-0.1, -0.05) is 18.2 Å². The van der Waals surface area contributed by atoms with Crippen LogP contribution in [-0.2, 0) is 30.4 Å². The molecule has 0 fully saturated rings. The number of aromatic amines is 1. The van der Waals surface area contributed by atoms with Gasteiger partial charge in [0.15, 0.2) is 0 Å². The smallest absolute Gasteiger partial charge is 0.327 e. The fourth-order valence-corrected chi connectivity index (χ4v) is 3.73. The van der Waals surface area contributed by atoms with Gasteiger partial charge < -0.3 is 42.0 Å². The fraction of sp³-hybridized carbons (Fsp3) is 0.435. The number of amides is 3. The number of carboxylic acids is 2. The molecule has 202 valence electrons. The van der Waals surface area contributed by atoms with Gasteiger partial charge in [0.2, 0.25) is 17.7 Å².